The summed E-state index contributed by atoms with van der Waals surface area (Å²) in [7, 11) is 0. The first-order chi connectivity index (χ1) is 33.2. The van der Waals surface area contributed by atoms with Crippen molar-refractivity contribution in [1.82, 2.24) is 45.3 Å². The van der Waals surface area contributed by atoms with Crippen molar-refractivity contribution in [3.63, 3.8) is 0 Å². The molecule has 1 saturated carbocycles. The quantitative estimate of drug-likeness (QED) is 0.178. The fourth-order valence-corrected chi connectivity index (χ4v) is 12.7. The number of para-hydroxylation sites is 1. The van der Waals surface area contributed by atoms with Gasteiger partial charge in [0.25, 0.3) is 0 Å². The standard InChI is InChI=1S/C53H71N11O5/c1-5-35-10-12-36(13-11-35)28-55-50(68)45-24-41(65)31-64(45)51(69)48(52(2,3)4)56-47(67)32-59-33-53(34-59)26-39(27-53)61-20-14-37(15-21-61)60-18-16-38(17-19-60)62-22-23-63-40(30-62)29-54-49-44(63)25-43(57-58-49)42-8-6-7-9-46(42)66/h1,6-13,25,37-41,45,48,65-66H,14-24,26-34H2,2-4H3,(H,54,58)(H,55,68)(H,56,67)/t40-,41+,45-,48+/m0/s1. The number of aromatic nitrogens is 2. The van der Waals surface area contributed by atoms with Gasteiger partial charge in [-0.2, -0.15) is 0 Å². The number of nitrogens with one attached hydrogen (secondary N) is 3. The Morgan fingerprint density at radius 1 is 0.870 bits per heavy atom. The monoisotopic (exact) mass is 942 g/mol. The first-order valence-corrected chi connectivity index (χ1v) is 25.4. The number of rotatable bonds is 11. The Labute approximate surface area is 407 Å². The lowest BCUT2D eigenvalue weighted by molar-refractivity contribution is -0.146. The molecule has 4 atom stereocenters. The number of terminal acetylenes is 1. The third kappa shape index (κ3) is 10.0. The fraction of sp³-hybridized carbons (Fsp3) is 0.604. The van der Waals surface area contributed by atoms with Crippen molar-refractivity contribution in [2.24, 2.45) is 10.8 Å². The third-order valence-electron chi connectivity index (χ3n) is 16.5. The average molecular weight is 942 g/mol. The summed E-state index contributed by atoms with van der Waals surface area (Å²) in [4.78, 5) is 55.4. The number of β-amino-alcohol motifs (C(OH)–C–C–N with tert-alkyl or cyclic N) is 1. The van der Waals surface area contributed by atoms with Gasteiger partial charge in [-0.15, -0.1) is 16.6 Å². The maximum Gasteiger partial charge on any atom is 0.246 e. The number of carbonyl (C=O) groups is 3. The number of piperazine rings is 1. The zero-order valence-electron chi connectivity index (χ0n) is 40.7. The van der Waals surface area contributed by atoms with Gasteiger partial charge in [0, 0.05) is 88.0 Å². The van der Waals surface area contributed by atoms with E-state index in [9.17, 15) is 24.6 Å². The van der Waals surface area contributed by atoms with Crippen molar-refractivity contribution in [2.75, 3.05) is 88.8 Å². The molecule has 69 heavy (non-hydrogen) atoms. The minimum atomic E-state index is -0.848. The smallest absolute Gasteiger partial charge is 0.246 e. The highest BCUT2D eigenvalue weighted by Gasteiger charge is 2.54. The lowest BCUT2D eigenvalue weighted by atomic mass is 9.60. The molecule has 1 spiro atoms. The molecule has 0 unspecified atom stereocenters. The van der Waals surface area contributed by atoms with Crippen molar-refractivity contribution in [3.05, 3.63) is 65.7 Å². The number of likely N-dealkylation sites (tertiary alicyclic amines) is 4. The van der Waals surface area contributed by atoms with Crippen LogP contribution in [0.15, 0.2) is 54.6 Å². The van der Waals surface area contributed by atoms with Gasteiger partial charge in [0.05, 0.1) is 30.1 Å². The molecule has 3 aromatic rings. The van der Waals surface area contributed by atoms with Crippen LogP contribution in [-0.2, 0) is 20.9 Å². The number of carbonyl (C=O) groups excluding carboxylic acids is 3. The number of aliphatic hydroxyl groups is 1. The number of aromatic hydroxyl groups is 1. The van der Waals surface area contributed by atoms with Crippen LogP contribution in [0.4, 0.5) is 11.5 Å². The highest BCUT2D eigenvalue weighted by Crippen LogP contribution is 2.50. The van der Waals surface area contributed by atoms with Gasteiger partial charge in [-0.3, -0.25) is 24.2 Å². The summed E-state index contributed by atoms with van der Waals surface area (Å²) in [6, 6.07) is 17.3. The molecule has 0 radical (unpaired) electrons. The van der Waals surface area contributed by atoms with Crippen LogP contribution in [0.2, 0.25) is 0 Å². The fourth-order valence-electron chi connectivity index (χ4n) is 12.7. The van der Waals surface area contributed by atoms with Crippen LogP contribution < -0.4 is 20.9 Å². The predicted octanol–water partition coefficient (Wildman–Crippen LogP) is 2.95. The Bertz CT molecular complexity index is 2390. The molecule has 6 fully saturated rings. The van der Waals surface area contributed by atoms with Crippen LogP contribution in [-0.4, -0.2) is 184 Å². The summed E-state index contributed by atoms with van der Waals surface area (Å²) < 4.78 is 0. The second kappa shape index (κ2) is 19.5. The summed E-state index contributed by atoms with van der Waals surface area (Å²) in [6.45, 7) is 16.7. The topological polar surface area (TPSA) is 173 Å². The molecule has 0 bridgehead atoms. The molecular weight excluding hydrogens is 871 g/mol. The van der Waals surface area contributed by atoms with Crippen molar-refractivity contribution in [1.29, 1.82) is 0 Å². The Morgan fingerprint density at radius 2 is 1.55 bits per heavy atom. The summed E-state index contributed by atoms with van der Waals surface area (Å²) in [6.07, 6.45) is 12.1. The number of hydrogen-bond acceptors (Lipinski definition) is 13. The summed E-state index contributed by atoms with van der Waals surface area (Å²) in [5, 5.41) is 39.5. The minimum Gasteiger partial charge on any atom is -0.507 e. The Kier molecular flexibility index (Phi) is 13.4. The van der Waals surface area contributed by atoms with Gasteiger partial charge in [0.2, 0.25) is 17.7 Å². The van der Waals surface area contributed by atoms with Crippen LogP contribution in [0, 0.1) is 23.2 Å². The molecule has 5 N–H and O–H groups in total. The van der Waals surface area contributed by atoms with E-state index in [4.69, 9.17) is 6.42 Å². The number of anilines is 2. The first-order valence-electron chi connectivity index (χ1n) is 25.4. The second-order valence-electron chi connectivity index (χ2n) is 22.3. The molecule has 7 aliphatic rings. The zero-order chi connectivity index (χ0) is 48.0. The number of aliphatic hydroxyl groups excluding tert-OH is 1. The highest BCUT2D eigenvalue weighted by atomic mass is 16.3. The van der Waals surface area contributed by atoms with E-state index in [-0.39, 0.29) is 54.9 Å². The van der Waals surface area contributed by atoms with Crippen LogP contribution in [0.25, 0.3) is 11.3 Å². The number of hydrogen-bond donors (Lipinski definition) is 5. The van der Waals surface area contributed by atoms with Gasteiger partial charge in [0.1, 0.15) is 17.8 Å². The molecule has 2 aromatic carbocycles. The molecule has 368 valence electrons. The van der Waals surface area contributed by atoms with Crippen molar-refractivity contribution >= 4 is 29.2 Å². The maximum absolute atomic E-state index is 14.1. The van der Waals surface area contributed by atoms with Gasteiger partial charge < -0.3 is 45.8 Å². The number of nitrogens with zero attached hydrogens (tertiary/aromatic N) is 8. The van der Waals surface area contributed by atoms with Crippen molar-refractivity contribution in [3.8, 4) is 29.4 Å². The van der Waals surface area contributed by atoms with Gasteiger partial charge in [-0.25, -0.2) is 0 Å². The van der Waals surface area contributed by atoms with E-state index in [1.54, 1.807) is 6.07 Å². The van der Waals surface area contributed by atoms with E-state index in [0.29, 0.717) is 35.4 Å². The Hall–Kier alpha value is -5.31. The van der Waals surface area contributed by atoms with Gasteiger partial charge in [0.15, 0.2) is 5.82 Å². The van der Waals surface area contributed by atoms with E-state index in [0.717, 1.165) is 75.0 Å². The minimum absolute atomic E-state index is 0.0416. The normalized spacial score (nSPS) is 25.4. The summed E-state index contributed by atoms with van der Waals surface area (Å²) in [5.41, 5.74) is 3.78. The number of phenolic OH excluding ortho intramolecular Hbond substituents is 1. The Morgan fingerprint density at radius 3 is 2.23 bits per heavy atom. The van der Waals surface area contributed by atoms with E-state index in [1.807, 2.05) is 63.2 Å². The predicted molar refractivity (Wildman–Crippen MR) is 265 cm³/mol. The number of amides is 3. The molecule has 16 heteroatoms. The molecule has 1 aromatic heterocycles. The van der Waals surface area contributed by atoms with Gasteiger partial charge >= 0.3 is 0 Å². The first kappa shape index (κ1) is 47.4. The van der Waals surface area contributed by atoms with E-state index in [1.165, 1.54) is 56.5 Å². The van der Waals surface area contributed by atoms with E-state index in [2.05, 4.69) is 62.6 Å². The largest absolute Gasteiger partial charge is 0.507 e. The molecule has 6 aliphatic heterocycles. The Balaban J connectivity index is 0.632. The molecule has 5 saturated heterocycles. The lowest BCUT2D eigenvalue weighted by Gasteiger charge is -2.61. The third-order valence-corrected chi connectivity index (χ3v) is 16.5. The summed E-state index contributed by atoms with van der Waals surface area (Å²) in [5.74, 6) is 2.76. The van der Waals surface area contributed by atoms with E-state index < -0.39 is 23.6 Å². The SMILES string of the molecule is C#Cc1ccc(CNC(=O)[C@@H]2C[C@@H](O)CN2C(=O)[C@@H](NC(=O)CN2CC3(CC(N4CCC(N5CCC(N6CCN7c8cc(-c9ccccc9O)nnc8NC[C@H]7C6)CC5)CC4)C3)C2)C(C)(C)C)cc1. The molecule has 7 heterocycles. The molecule has 3 amide bonds. The number of piperidine rings is 2. The maximum atomic E-state index is 14.1. The van der Waals surface area contributed by atoms with E-state index >= 15 is 0 Å². The summed E-state index contributed by atoms with van der Waals surface area (Å²) >= 11 is 0. The average Bonchev–Trinajstić information content (AvgIpc) is 3.74. The molecule has 16 nitrogen and oxygen atoms in total. The van der Waals surface area contributed by atoms with Gasteiger partial charge in [-0.05, 0) is 111 Å². The second-order valence-corrected chi connectivity index (χ2v) is 22.3. The van der Waals surface area contributed by atoms with Crippen LogP contribution in [0.1, 0.15) is 76.8 Å². The van der Waals surface area contributed by atoms with Crippen LogP contribution >= 0.6 is 0 Å². The lowest BCUT2D eigenvalue weighted by Crippen LogP contribution is -2.68. The molecular formula is C53H71N11O5. The zero-order valence-corrected chi connectivity index (χ0v) is 40.7. The van der Waals surface area contributed by atoms with Crippen LogP contribution in [0.5, 0.6) is 5.75 Å². The number of benzene rings is 2. The van der Waals surface area contributed by atoms with Crippen LogP contribution in [0.3, 0.4) is 0 Å². The molecule has 1 aliphatic carbocycles. The number of phenols is 1. The van der Waals surface area contributed by atoms with Crippen molar-refractivity contribution in [2.45, 2.75) is 115 Å². The highest BCUT2D eigenvalue weighted by molar-refractivity contribution is 5.93. The van der Waals surface area contributed by atoms with Crippen molar-refractivity contribution < 1.29 is 24.6 Å². The van der Waals surface area contributed by atoms with Gasteiger partial charge in [-0.1, -0.05) is 51.0 Å². The molecule has 10 rings (SSSR count). The number of fused-ring (bicyclic) bond motifs is 3.